The number of ketones is 2. The summed E-state index contributed by atoms with van der Waals surface area (Å²) in [5.41, 5.74) is 3.99. The van der Waals surface area contributed by atoms with E-state index in [0.717, 1.165) is 24.0 Å². The third-order valence-corrected chi connectivity index (χ3v) is 9.79. The van der Waals surface area contributed by atoms with Crippen LogP contribution < -0.4 is 11.1 Å². The maximum Gasteiger partial charge on any atom is 0.255 e. The zero-order chi connectivity index (χ0) is 28.7. The van der Waals surface area contributed by atoms with Gasteiger partial charge in [0.25, 0.3) is 5.91 Å². The van der Waals surface area contributed by atoms with Crippen LogP contribution in [0.5, 0.6) is 5.75 Å². The van der Waals surface area contributed by atoms with Gasteiger partial charge in [0.05, 0.1) is 11.6 Å². The van der Waals surface area contributed by atoms with Gasteiger partial charge in [0.2, 0.25) is 5.78 Å². The molecule has 40 heavy (non-hydrogen) atoms. The highest BCUT2D eigenvalue weighted by molar-refractivity contribution is 6.24. The van der Waals surface area contributed by atoms with Gasteiger partial charge in [0.1, 0.15) is 22.8 Å². The summed E-state index contributed by atoms with van der Waals surface area (Å²) >= 11 is 0. The molecule has 3 fully saturated rings. The second-order valence-corrected chi connectivity index (χ2v) is 12.9. The smallest absolute Gasteiger partial charge is 0.255 e. The summed E-state index contributed by atoms with van der Waals surface area (Å²) in [7, 11) is 0. The molecule has 1 amide bonds. The lowest BCUT2D eigenvalue weighted by Crippen LogP contribution is -2.67. The summed E-state index contributed by atoms with van der Waals surface area (Å²) in [5, 5.41) is 48.4. The van der Waals surface area contributed by atoms with Gasteiger partial charge >= 0.3 is 0 Å². The molecule has 10 nitrogen and oxygen atoms in total. The molecule has 1 heterocycles. The maximum absolute atomic E-state index is 14.1. The van der Waals surface area contributed by atoms with Crippen LogP contribution in [0.4, 0.5) is 0 Å². The Bertz CT molecular complexity index is 1380. The van der Waals surface area contributed by atoms with Crippen molar-refractivity contribution in [3.05, 3.63) is 45.7 Å². The molecule has 10 heteroatoms. The van der Waals surface area contributed by atoms with Crippen LogP contribution >= 0.6 is 0 Å². The molecule has 0 bridgehead atoms. The Labute approximate surface area is 231 Å². The van der Waals surface area contributed by atoms with Crippen LogP contribution in [-0.4, -0.2) is 68.8 Å². The van der Waals surface area contributed by atoms with Gasteiger partial charge in [0, 0.05) is 30.7 Å². The molecule has 5 aliphatic rings. The third-order valence-electron chi connectivity index (χ3n) is 9.79. The van der Waals surface area contributed by atoms with E-state index in [9.17, 15) is 34.8 Å². The molecule has 214 valence electrons. The molecular weight excluding hydrogens is 516 g/mol. The Kier molecular flexibility index (Phi) is 6.18. The number of nitrogens with one attached hydrogen (secondary N) is 1. The second-order valence-electron chi connectivity index (χ2n) is 12.9. The quantitative estimate of drug-likeness (QED) is 0.305. The Balaban J connectivity index is 1.47. The number of carbonyl (C=O) groups is 3. The van der Waals surface area contributed by atoms with Crippen molar-refractivity contribution < 1.29 is 39.5 Å². The number of primary amides is 1. The Hall–Kier alpha value is -3.21. The minimum atomic E-state index is -2.65. The molecule has 4 unspecified atom stereocenters. The van der Waals surface area contributed by atoms with Crippen LogP contribution in [0.3, 0.4) is 0 Å². The van der Waals surface area contributed by atoms with Gasteiger partial charge < -0.3 is 36.2 Å². The summed E-state index contributed by atoms with van der Waals surface area (Å²) in [4.78, 5) is 39.9. The van der Waals surface area contributed by atoms with Crippen molar-refractivity contribution in [1.29, 1.82) is 0 Å². The van der Waals surface area contributed by atoms with E-state index in [1.165, 1.54) is 6.07 Å². The van der Waals surface area contributed by atoms with E-state index >= 15 is 0 Å². The highest BCUT2D eigenvalue weighted by Gasteiger charge is 2.64. The van der Waals surface area contributed by atoms with Crippen LogP contribution in [0.2, 0.25) is 0 Å². The van der Waals surface area contributed by atoms with Crippen LogP contribution in [-0.2, 0) is 25.5 Å². The summed E-state index contributed by atoms with van der Waals surface area (Å²) in [5.74, 6) is -6.14. The zero-order valence-corrected chi connectivity index (χ0v) is 22.7. The van der Waals surface area contributed by atoms with Crippen molar-refractivity contribution in [2.24, 2.45) is 23.0 Å². The molecule has 1 aromatic rings. The van der Waals surface area contributed by atoms with Crippen LogP contribution in [0.15, 0.2) is 29.0 Å². The first kappa shape index (κ1) is 27.0. The lowest BCUT2D eigenvalue weighted by molar-refractivity contribution is -0.150. The molecular formula is C30H36N2O8. The SMILES string of the molecule is CC1(C)CC(c2ccc(O)c3c2CC2CC4C(NC5CCOCC5)C(=O)C(C(N)=O)=C(O)C4(O)C(=O)C2=C3O)C1. The first-order chi connectivity index (χ1) is 18.8. The lowest BCUT2D eigenvalue weighted by Gasteiger charge is -2.50. The summed E-state index contributed by atoms with van der Waals surface area (Å²) in [6, 6.07) is 2.06. The summed E-state index contributed by atoms with van der Waals surface area (Å²) in [6.45, 7) is 5.33. The highest BCUT2D eigenvalue weighted by Crippen LogP contribution is 2.56. The second kappa shape index (κ2) is 9.15. The molecule has 7 N–H and O–H groups in total. The molecule has 1 saturated heterocycles. The van der Waals surface area contributed by atoms with Gasteiger partial charge in [-0.25, -0.2) is 0 Å². The summed E-state index contributed by atoms with van der Waals surface area (Å²) < 4.78 is 5.41. The van der Waals surface area contributed by atoms with E-state index in [-0.39, 0.29) is 40.7 Å². The average molecular weight is 553 g/mol. The van der Waals surface area contributed by atoms with E-state index in [2.05, 4.69) is 19.2 Å². The molecule has 0 radical (unpaired) electrons. The van der Waals surface area contributed by atoms with Crippen molar-refractivity contribution in [2.45, 2.75) is 76.0 Å². The molecule has 1 aliphatic heterocycles. The van der Waals surface area contributed by atoms with Gasteiger partial charge in [-0.3, -0.25) is 14.4 Å². The zero-order valence-electron chi connectivity index (χ0n) is 22.7. The number of aromatic hydroxyl groups is 1. The van der Waals surface area contributed by atoms with Gasteiger partial charge in [-0.2, -0.15) is 0 Å². The maximum atomic E-state index is 14.1. The molecule has 1 aromatic carbocycles. The van der Waals surface area contributed by atoms with Crippen molar-refractivity contribution >= 4 is 23.2 Å². The number of hydrogen-bond acceptors (Lipinski definition) is 9. The number of Topliss-reactive ketones (excluding diaryl/α,β-unsaturated/α-hetero) is 2. The number of fused-ring (bicyclic) bond motifs is 3. The van der Waals surface area contributed by atoms with Crippen LogP contribution in [0, 0.1) is 17.3 Å². The first-order valence-corrected chi connectivity index (χ1v) is 14.0. The fraction of sp³-hybridized carbons (Fsp3) is 0.567. The number of rotatable bonds is 4. The Morgan fingerprint density at radius 2 is 1.75 bits per heavy atom. The molecule has 0 spiro atoms. The van der Waals surface area contributed by atoms with E-state index in [4.69, 9.17) is 10.5 Å². The molecule has 4 atom stereocenters. The monoisotopic (exact) mass is 552 g/mol. The first-order valence-electron chi connectivity index (χ1n) is 14.0. The van der Waals surface area contributed by atoms with E-state index in [0.29, 0.717) is 32.5 Å². The number of ether oxygens (including phenoxy) is 1. The van der Waals surface area contributed by atoms with E-state index in [1.807, 2.05) is 6.07 Å². The number of phenolic OH excluding ortho intramolecular Hbond substituents is 1. The lowest BCUT2D eigenvalue weighted by atomic mass is 9.56. The Morgan fingerprint density at radius 3 is 2.38 bits per heavy atom. The fourth-order valence-electron chi connectivity index (χ4n) is 7.89. The topological polar surface area (TPSA) is 179 Å². The third kappa shape index (κ3) is 3.83. The number of benzene rings is 1. The van der Waals surface area contributed by atoms with Crippen molar-refractivity contribution in [1.82, 2.24) is 5.32 Å². The summed E-state index contributed by atoms with van der Waals surface area (Å²) in [6.07, 6.45) is 3.48. The largest absolute Gasteiger partial charge is 0.508 e. The Morgan fingerprint density at radius 1 is 1.07 bits per heavy atom. The molecule has 6 rings (SSSR count). The van der Waals surface area contributed by atoms with Gasteiger partial charge in [-0.15, -0.1) is 0 Å². The van der Waals surface area contributed by atoms with Gasteiger partial charge in [0.15, 0.2) is 11.4 Å². The minimum absolute atomic E-state index is 0.0784. The van der Waals surface area contributed by atoms with Gasteiger partial charge in [-0.05, 0) is 73.0 Å². The van der Waals surface area contributed by atoms with Crippen molar-refractivity contribution in [3.8, 4) is 5.75 Å². The highest BCUT2D eigenvalue weighted by atomic mass is 16.5. The number of phenols is 1. The van der Waals surface area contributed by atoms with Gasteiger partial charge in [-0.1, -0.05) is 19.9 Å². The molecule has 2 saturated carbocycles. The van der Waals surface area contributed by atoms with Crippen molar-refractivity contribution in [3.63, 3.8) is 0 Å². The number of nitrogens with two attached hydrogens (primary N) is 1. The average Bonchev–Trinajstić information content (AvgIpc) is 2.87. The normalized spacial score (nSPS) is 32.3. The molecule has 4 aliphatic carbocycles. The number of hydrogen-bond donors (Lipinski definition) is 6. The molecule has 0 aromatic heterocycles. The number of carbonyl (C=O) groups excluding carboxylic acids is 3. The predicted molar refractivity (Wildman–Crippen MR) is 143 cm³/mol. The number of amides is 1. The predicted octanol–water partition coefficient (Wildman–Crippen LogP) is 2.07. The van der Waals surface area contributed by atoms with E-state index in [1.54, 1.807) is 0 Å². The minimum Gasteiger partial charge on any atom is -0.508 e. The fourth-order valence-corrected chi connectivity index (χ4v) is 7.89. The number of aliphatic hydroxyl groups excluding tert-OH is 2. The number of aliphatic hydroxyl groups is 3. The van der Waals surface area contributed by atoms with Crippen LogP contribution in [0.1, 0.15) is 68.6 Å². The van der Waals surface area contributed by atoms with Crippen molar-refractivity contribution in [2.75, 3.05) is 13.2 Å². The van der Waals surface area contributed by atoms with E-state index < -0.39 is 58.0 Å². The van der Waals surface area contributed by atoms with Crippen LogP contribution in [0.25, 0.3) is 5.76 Å². The standard InChI is InChI=1S/C30H36N2O8/c1-29(2)11-14(12-29)16-3-4-19(33)21-17(16)9-13-10-18-23(32-15-5-7-40-8-6-15)25(35)22(28(31)38)27(37)30(18,39)26(36)20(13)24(21)34/h3-4,13-15,18,23,32-34,37,39H,5-12H2,1-2H3,(H2,31,38).